The summed E-state index contributed by atoms with van der Waals surface area (Å²) in [5, 5.41) is 13.3. The lowest BCUT2D eigenvalue weighted by Crippen LogP contribution is -2.23. The molecule has 0 spiro atoms. The molecule has 1 radical (unpaired) electrons. The molecule has 0 bridgehead atoms. The predicted molar refractivity (Wildman–Crippen MR) is 42.4 cm³/mol. The summed E-state index contributed by atoms with van der Waals surface area (Å²) in [6.07, 6.45) is 1.33. The number of aromatic nitrogens is 1. The van der Waals surface area contributed by atoms with E-state index in [1.807, 2.05) is 0 Å². The highest BCUT2D eigenvalue weighted by Gasteiger charge is 2.05. The molecule has 0 unspecified atom stereocenters. The van der Waals surface area contributed by atoms with Gasteiger partial charge in [-0.2, -0.15) is 0 Å². The number of pyridine rings is 1. The molecule has 0 atom stereocenters. The Kier molecular flexibility index (Phi) is 2.63. The molecule has 1 amide bonds. The molecule has 0 aliphatic rings. The highest BCUT2D eigenvalue weighted by atomic mass is 16.3. The third-order valence-electron chi connectivity index (χ3n) is 1.30. The first-order chi connectivity index (χ1) is 5.74. The number of nitrogens with zero attached hydrogens (tertiary/aromatic N) is 1. The third kappa shape index (κ3) is 1.95. The van der Waals surface area contributed by atoms with Gasteiger partial charge >= 0.3 is 0 Å². The molecule has 0 aliphatic carbocycles. The van der Waals surface area contributed by atoms with Crippen LogP contribution in [0.1, 0.15) is 17.4 Å². The van der Waals surface area contributed by atoms with E-state index in [0.717, 1.165) is 0 Å². The van der Waals surface area contributed by atoms with Crippen molar-refractivity contribution in [3.8, 4) is 5.75 Å². The van der Waals surface area contributed by atoms with Crippen molar-refractivity contribution in [2.45, 2.75) is 6.92 Å². The standard InChI is InChI=1S/C8H9N2O2/c1-2-9-8(12)7-5-6(11)3-4-10-7/h3-5H,2H2,1H3,(H,9,12). The average Bonchev–Trinajstić information content (AvgIpc) is 2.05. The lowest BCUT2D eigenvalue weighted by Gasteiger charge is -1.99. The monoisotopic (exact) mass is 165 g/mol. The van der Waals surface area contributed by atoms with Crippen LogP contribution in [0.25, 0.3) is 0 Å². The summed E-state index contributed by atoms with van der Waals surface area (Å²) in [5.74, 6) is -0.513. The van der Waals surface area contributed by atoms with Gasteiger partial charge in [0.2, 0.25) is 0 Å². The zero-order chi connectivity index (χ0) is 8.97. The molecule has 0 saturated carbocycles. The summed E-state index contributed by atoms with van der Waals surface area (Å²) in [5.41, 5.74) is 0.171. The Hall–Kier alpha value is -1.58. The van der Waals surface area contributed by atoms with Gasteiger partial charge in [-0.3, -0.25) is 14.9 Å². The number of hydrogen-bond acceptors (Lipinski definition) is 2. The van der Waals surface area contributed by atoms with E-state index in [1.165, 1.54) is 18.3 Å². The second-order valence-electron chi connectivity index (χ2n) is 2.24. The lowest BCUT2D eigenvalue weighted by molar-refractivity contribution is 0.0950. The number of carbonyl (C=O) groups excluding carboxylic acids is 1. The van der Waals surface area contributed by atoms with Crippen molar-refractivity contribution >= 4 is 5.91 Å². The van der Waals surface area contributed by atoms with Crippen LogP contribution in [0.4, 0.5) is 0 Å². The molecule has 4 heteroatoms. The van der Waals surface area contributed by atoms with Crippen LogP contribution in [0.2, 0.25) is 0 Å². The molecule has 1 aromatic heterocycles. The van der Waals surface area contributed by atoms with Crippen molar-refractivity contribution in [2.75, 3.05) is 6.54 Å². The normalized spacial score (nSPS) is 9.42. The first-order valence-electron chi connectivity index (χ1n) is 3.65. The fraction of sp³-hybridized carbons (Fsp3) is 0.250. The highest BCUT2D eigenvalue weighted by Crippen LogP contribution is 2.08. The van der Waals surface area contributed by atoms with Gasteiger partial charge in [0.15, 0.2) is 5.75 Å². The average molecular weight is 165 g/mol. The molecule has 0 fully saturated rings. The fourth-order valence-electron chi connectivity index (χ4n) is 0.786. The zero-order valence-electron chi connectivity index (χ0n) is 6.70. The highest BCUT2D eigenvalue weighted by molar-refractivity contribution is 5.92. The van der Waals surface area contributed by atoms with Gasteiger partial charge in [-0.1, -0.05) is 0 Å². The first kappa shape index (κ1) is 8.52. The molecule has 0 saturated heterocycles. The van der Waals surface area contributed by atoms with E-state index in [-0.39, 0.29) is 17.4 Å². The Balaban J connectivity index is 2.81. The minimum absolute atomic E-state index is 0.171. The van der Waals surface area contributed by atoms with Gasteiger partial charge in [0.05, 0.1) is 0 Å². The molecule has 63 valence electrons. The third-order valence-corrected chi connectivity index (χ3v) is 1.30. The number of amides is 1. The van der Waals surface area contributed by atoms with E-state index in [0.29, 0.717) is 6.54 Å². The van der Waals surface area contributed by atoms with Crippen molar-refractivity contribution in [1.29, 1.82) is 0 Å². The van der Waals surface area contributed by atoms with Gasteiger partial charge < -0.3 is 5.32 Å². The summed E-state index contributed by atoms with van der Waals surface area (Å²) in [4.78, 5) is 14.8. The van der Waals surface area contributed by atoms with Gasteiger partial charge in [-0.05, 0) is 6.92 Å². The van der Waals surface area contributed by atoms with Crippen molar-refractivity contribution in [3.05, 3.63) is 24.0 Å². The van der Waals surface area contributed by atoms with Crippen molar-refractivity contribution in [2.24, 2.45) is 0 Å². The predicted octanol–water partition coefficient (Wildman–Crippen LogP) is 0.975. The summed E-state index contributed by atoms with van der Waals surface area (Å²) in [6.45, 7) is 2.34. The van der Waals surface area contributed by atoms with Gasteiger partial charge in [0.1, 0.15) is 5.69 Å². The van der Waals surface area contributed by atoms with Gasteiger partial charge in [-0.25, -0.2) is 0 Å². The Morgan fingerprint density at radius 3 is 3.00 bits per heavy atom. The maximum Gasteiger partial charge on any atom is 0.270 e. The lowest BCUT2D eigenvalue weighted by atomic mass is 10.3. The van der Waals surface area contributed by atoms with Gasteiger partial charge in [0, 0.05) is 24.9 Å². The molecule has 12 heavy (non-hydrogen) atoms. The van der Waals surface area contributed by atoms with E-state index >= 15 is 0 Å². The summed E-state index contributed by atoms with van der Waals surface area (Å²) < 4.78 is 0. The van der Waals surface area contributed by atoms with Crippen molar-refractivity contribution < 1.29 is 9.90 Å². The number of rotatable bonds is 2. The SMILES string of the molecule is CCNC(=O)c1cc([O])ccn1. The second-order valence-corrected chi connectivity index (χ2v) is 2.24. The van der Waals surface area contributed by atoms with Crippen LogP contribution in [0.15, 0.2) is 18.3 Å². The van der Waals surface area contributed by atoms with E-state index in [9.17, 15) is 9.90 Å². The largest absolute Gasteiger partial charge is 0.351 e. The maximum atomic E-state index is 11.1. The molecular formula is C8H9N2O2. The molecule has 0 aromatic carbocycles. The summed E-state index contributed by atoms with van der Waals surface area (Å²) in [6, 6.07) is 2.52. The van der Waals surface area contributed by atoms with Crippen LogP contribution in [-0.2, 0) is 5.11 Å². The van der Waals surface area contributed by atoms with Crippen LogP contribution in [-0.4, -0.2) is 17.4 Å². The summed E-state index contributed by atoms with van der Waals surface area (Å²) in [7, 11) is 0. The molecule has 1 N–H and O–H groups in total. The van der Waals surface area contributed by atoms with E-state index in [4.69, 9.17) is 0 Å². The Morgan fingerprint density at radius 2 is 2.42 bits per heavy atom. The quantitative estimate of drug-likeness (QED) is 0.709. The van der Waals surface area contributed by atoms with E-state index in [1.54, 1.807) is 6.92 Å². The Bertz CT molecular complexity index is 286. The number of nitrogens with one attached hydrogen (secondary N) is 1. The van der Waals surface area contributed by atoms with Crippen molar-refractivity contribution in [3.63, 3.8) is 0 Å². The first-order valence-corrected chi connectivity index (χ1v) is 3.65. The topological polar surface area (TPSA) is 61.9 Å². The maximum absolute atomic E-state index is 11.1. The minimum atomic E-state index is -0.310. The van der Waals surface area contributed by atoms with E-state index in [2.05, 4.69) is 10.3 Å². The zero-order valence-corrected chi connectivity index (χ0v) is 6.70. The van der Waals surface area contributed by atoms with E-state index < -0.39 is 0 Å². The molecular weight excluding hydrogens is 156 g/mol. The smallest absolute Gasteiger partial charge is 0.270 e. The Labute approximate surface area is 70.3 Å². The van der Waals surface area contributed by atoms with Crippen LogP contribution in [0, 0.1) is 0 Å². The number of carbonyl (C=O) groups is 1. The molecule has 1 aromatic rings. The van der Waals surface area contributed by atoms with Crippen LogP contribution in [0.3, 0.4) is 0 Å². The van der Waals surface area contributed by atoms with Gasteiger partial charge in [-0.15, -0.1) is 0 Å². The number of hydrogen-bond donors (Lipinski definition) is 1. The van der Waals surface area contributed by atoms with Crippen LogP contribution in [0.5, 0.6) is 5.75 Å². The van der Waals surface area contributed by atoms with Crippen LogP contribution < -0.4 is 5.32 Å². The summed E-state index contributed by atoms with van der Waals surface area (Å²) >= 11 is 0. The van der Waals surface area contributed by atoms with Crippen molar-refractivity contribution in [1.82, 2.24) is 10.3 Å². The molecule has 4 nitrogen and oxygen atoms in total. The van der Waals surface area contributed by atoms with Crippen LogP contribution >= 0.6 is 0 Å². The second kappa shape index (κ2) is 3.71. The molecule has 1 heterocycles. The minimum Gasteiger partial charge on any atom is -0.351 e. The molecule has 0 aliphatic heterocycles. The molecule has 1 rings (SSSR count). The Morgan fingerprint density at radius 1 is 1.67 bits per heavy atom. The van der Waals surface area contributed by atoms with Gasteiger partial charge in [0.25, 0.3) is 5.91 Å². The fourth-order valence-corrected chi connectivity index (χ4v) is 0.786.